The summed E-state index contributed by atoms with van der Waals surface area (Å²) in [5.41, 5.74) is 1.36. The minimum Gasteiger partial charge on any atom is -0.469 e. The number of ether oxygens (including phenoxy) is 1. The number of guanidine groups is 1. The minimum atomic E-state index is 0.236. The monoisotopic (exact) mass is 428 g/mol. The van der Waals surface area contributed by atoms with Crippen LogP contribution in [0.15, 0.2) is 58.1 Å². The third-order valence-electron chi connectivity index (χ3n) is 5.74. The van der Waals surface area contributed by atoms with Gasteiger partial charge in [0.05, 0.1) is 31.6 Å². The topological polar surface area (TPSA) is 53.2 Å². The van der Waals surface area contributed by atoms with Gasteiger partial charge in [0.1, 0.15) is 5.76 Å². The summed E-state index contributed by atoms with van der Waals surface area (Å²) in [6.45, 7) is 6.23. The molecule has 1 aromatic carbocycles. The second-order valence-electron chi connectivity index (χ2n) is 7.79. The van der Waals surface area contributed by atoms with E-state index in [-0.39, 0.29) is 6.10 Å². The van der Waals surface area contributed by atoms with Gasteiger partial charge in [0.25, 0.3) is 0 Å². The number of nitrogens with zero attached hydrogens (tertiary/aromatic N) is 3. The Kier molecular flexibility index (Phi) is 7.72. The highest BCUT2D eigenvalue weighted by Crippen LogP contribution is 2.24. The van der Waals surface area contributed by atoms with Crippen LogP contribution in [0.3, 0.4) is 0 Å². The molecule has 30 heavy (non-hydrogen) atoms. The summed E-state index contributed by atoms with van der Waals surface area (Å²) in [5.74, 6) is 3.02. The quantitative estimate of drug-likeness (QED) is 0.396. The number of thioether (sulfide) groups is 1. The molecule has 0 bridgehead atoms. The van der Waals surface area contributed by atoms with Crippen molar-refractivity contribution in [1.29, 1.82) is 0 Å². The van der Waals surface area contributed by atoms with Gasteiger partial charge in [0, 0.05) is 44.9 Å². The van der Waals surface area contributed by atoms with Crippen LogP contribution < -0.4 is 5.32 Å². The lowest BCUT2D eigenvalue weighted by Crippen LogP contribution is -2.50. The molecule has 4 rings (SSSR count). The molecule has 0 aliphatic carbocycles. The highest BCUT2D eigenvalue weighted by atomic mass is 32.2. The predicted molar refractivity (Wildman–Crippen MR) is 123 cm³/mol. The van der Waals surface area contributed by atoms with E-state index in [1.54, 1.807) is 6.26 Å². The predicted octanol–water partition coefficient (Wildman–Crippen LogP) is 2.72. The summed E-state index contributed by atoms with van der Waals surface area (Å²) in [6.07, 6.45) is 4.94. The fourth-order valence-corrected chi connectivity index (χ4v) is 4.48. The Morgan fingerprint density at radius 2 is 2.10 bits per heavy atom. The number of morpholine rings is 1. The zero-order valence-electron chi connectivity index (χ0n) is 17.7. The molecular weight excluding hydrogens is 396 g/mol. The van der Waals surface area contributed by atoms with Gasteiger partial charge in [0.15, 0.2) is 5.96 Å². The average molecular weight is 429 g/mol. The van der Waals surface area contributed by atoms with Crippen LogP contribution >= 0.6 is 11.8 Å². The second-order valence-corrected chi connectivity index (χ2v) is 8.78. The Balaban J connectivity index is 1.39. The average Bonchev–Trinajstić information content (AvgIpc) is 3.44. The summed E-state index contributed by atoms with van der Waals surface area (Å²) in [5, 5.41) is 3.57. The van der Waals surface area contributed by atoms with Crippen molar-refractivity contribution in [2.75, 3.05) is 51.3 Å². The first-order valence-corrected chi connectivity index (χ1v) is 12.2. The maximum atomic E-state index is 6.15. The van der Waals surface area contributed by atoms with E-state index in [0.717, 1.165) is 69.8 Å². The summed E-state index contributed by atoms with van der Waals surface area (Å²) in [6, 6.07) is 15.1. The number of rotatable bonds is 8. The lowest BCUT2D eigenvalue weighted by molar-refractivity contribution is -0.0502. The molecule has 2 atom stereocenters. The minimum absolute atomic E-state index is 0.236. The van der Waals surface area contributed by atoms with Crippen LogP contribution in [0.5, 0.6) is 0 Å². The fraction of sp³-hybridized carbons (Fsp3) is 0.522. The number of hydrogen-bond donors (Lipinski definition) is 1. The molecule has 1 aromatic heterocycles. The van der Waals surface area contributed by atoms with Crippen molar-refractivity contribution in [2.45, 2.75) is 25.1 Å². The maximum Gasteiger partial charge on any atom is 0.194 e. The lowest BCUT2D eigenvalue weighted by atomic mass is 10.1. The normalized spacial score (nSPS) is 22.3. The molecule has 1 N–H and O–H groups in total. The highest BCUT2D eigenvalue weighted by molar-refractivity contribution is 7.98. The summed E-state index contributed by atoms with van der Waals surface area (Å²) >= 11 is 1.83. The van der Waals surface area contributed by atoms with E-state index in [2.05, 4.69) is 51.7 Å². The van der Waals surface area contributed by atoms with Gasteiger partial charge in [-0.15, -0.1) is 0 Å². The van der Waals surface area contributed by atoms with E-state index < -0.39 is 0 Å². The smallest absolute Gasteiger partial charge is 0.194 e. The number of furan rings is 1. The Labute approximate surface area is 183 Å². The molecule has 6 nitrogen and oxygen atoms in total. The van der Waals surface area contributed by atoms with Gasteiger partial charge in [0.2, 0.25) is 0 Å². The molecule has 0 spiro atoms. The molecule has 2 aliphatic rings. The summed E-state index contributed by atoms with van der Waals surface area (Å²) in [7, 11) is 0. The molecule has 0 saturated carbocycles. The number of benzene rings is 1. The molecule has 2 aromatic rings. The van der Waals surface area contributed by atoms with Gasteiger partial charge in [-0.25, -0.2) is 0 Å². The molecule has 2 fully saturated rings. The number of likely N-dealkylation sites (tertiary alicyclic amines) is 1. The van der Waals surface area contributed by atoms with Crippen LogP contribution in [0.4, 0.5) is 0 Å². The third kappa shape index (κ3) is 5.59. The van der Waals surface area contributed by atoms with Gasteiger partial charge < -0.3 is 19.4 Å². The summed E-state index contributed by atoms with van der Waals surface area (Å²) < 4.78 is 11.6. The van der Waals surface area contributed by atoms with Crippen molar-refractivity contribution in [1.82, 2.24) is 15.1 Å². The summed E-state index contributed by atoms with van der Waals surface area (Å²) in [4.78, 5) is 9.84. The molecule has 2 aliphatic heterocycles. The zero-order chi connectivity index (χ0) is 20.6. The van der Waals surface area contributed by atoms with Gasteiger partial charge in [-0.05, 0) is 24.0 Å². The first kappa shape index (κ1) is 21.3. The van der Waals surface area contributed by atoms with Crippen LogP contribution in [0.1, 0.15) is 11.3 Å². The molecule has 2 saturated heterocycles. The highest BCUT2D eigenvalue weighted by Gasteiger charge is 2.41. The first-order chi connectivity index (χ1) is 14.8. The van der Waals surface area contributed by atoms with E-state index in [0.29, 0.717) is 6.04 Å². The number of hydrogen-bond acceptors (Lipinski definition) is 5. The van der Waals surface area contributed by atoms with Crippen molar-refractivity contribution in [3.63, 3.8) is 0 Å². The first-order valence-electron chi connectivity index (χ1n) is 10.8. The molecule has 2 unspecified atom stereocenters. The van der Waals surface area contributed by atoms with Gasteiger partial charge >= 0.3 is 0 Å². The Morgan fingerprint density at radius 1 is 1.20 bits per heavy atom. The largest absolute Gasteiger partial charge is 0.469 e. The van der Waals surface area contributed by atoms with Crippen LogP contribution in [0, 0.1) is 0 Å². The Hall–Kier alpha value is -1.96. The zero-order valence-corrected chi connectivity index (χ0v) is 18.5. The van der Waals surface area contributed by atoms with Crippen LogP contribution in [-0.2, 0) is 17.7 Å². The molecule has 162 valence electrons. The van der Waals surface area contributed by atoms with Gasteiger partial charge in [-0.2, -0.15) is 11.8 Å². The van der Waals surface area contributed by atoms with Gasteiger partial charge in [-0.3, -0.25) is 9.89 Å². The standard InChI is InChI=1S/C23H32N4O2S/c1-30-15-11-25-23(24-10-9-20-8-5-13-28-20)27-17-21-22(18-27)29-14-12-26(21)16-19-6-3-2-4-7-19/h2-8,13,21-22H,9-12,14-18H2,1H3,(H,24,25). The number of aliphatic imine (C=N–C) groups is 1. The van der Waals surface area contributed by atoms with Crippen LogP contribution in [0.25, 0.3) is 0 Å². The molecule has 0 amide bonds. The van der Waals surface area contributed by atoms with Crippen molar-refractivity contribution in [3.05, 3.63) is 60.1 Å². The fourth-order valence-electron chi connectivity index (χ4n) is 4.21. The van der Waals surface area contributed by atoms with E-state index in [4.69, 9.17) is 14.1 Å². The molecular formula is C23H32N4O2S. The maximum absolute atomic E-state index is 6.15. The molecule has 7 heteroatoms. The molecule has 0 radical (unpaired) electrons. The van der Waals surface area contributed by atoms with E-state index in [1.165, 1.54) is 5.56 Å². The van der Waals surface area contributed by atoms with E-state index in [1.807, 2.05) is 23.9 Å². The van der Waals surface area contributed by atoms with E-state index >= 15 is 0 Å². The van der Waals surface area contributed by atoms with Crippen LogP contribution in [0.2, 0.25) is 0 Å². The number of nitrogens with one attached hydrogen (secondary N) is 1. The van der Waals surface area contributed by atoms with Crippen molar-refractivity contribution in [3.8, 4) is 0 Å². The Morgan fingerprint density at radius 3 is 2.90 bits per heavy atom. The van der Waals surface area contributed by atoms with Gasteiger partial charge in [-0.1, -0.05) is 30.3 Å². The van der Waals surface area contributed by atoms with E-state index in [9.17, 15) is 0 Å². The SMILES string of the molecule is CSCCN=C(NCCc1ccco1)N1CC2OCCN(Cc3ccccc3)C2C1. The third-order valence-corrected chi connectivity index (χ3v) is 6.33. The number of fused-ring (bicyclic) bond motifs is 1. The lowest BCUT2D eigenvalue weighted by Gasteiger charge is -2.36. The van der Waals surface area contributed by atoms with Crippen molar-refractivity contribution < 1.29 is 9.15 Å². The Bertz CT molecular complexity index is 784. The van der Waals surface area contributed by atoms with Crippen molar-refractivity contribution >= 4 is 17.7 Å². The molecule has 3 heterocycles. The second kappa shape index (κ2) is 10.9. The van der Waals surface area contributed by atoms with Crippen molar-refractivity contribution in [2.24, 2.45) is 4.99 Å². The van der Waals surface area contributed by atoms with Crippen LogP contribution in [-0.4, -0.2) is 79.2 Å².